The van der Waals surface area contributed by atoms with Crippen molar-refractivity contribution in [1.82, 2.24) is 9.38 Å². The number of imidazole rings is 1. The van der Waals surface area contributed by atoms with Gasteiger partial charge in [0.2, 0.25) is 5.91 Å². The summed E-state index contributed by atoms with van der Waals surface area (Å²) in [4.78, 5) is 19.3. The second-order valence-corrected chi connectivity index (χ2v) is 13.9. The molecule has 0 spiro atoms. The number of unbranched alkanes of at least 4 members (excludes halogenated alkanes) is 11. The van der Waals surface area contributed by atoms with Crippen molar-refractivity contribution in [2.45, 2.75) is 130 Å². The monoisotopic (exact) mass is 623 g/mol. The SMILES string of the molecule is CCCCCCCCCCCCCCOc1ccc(CN(C(C)=O)c2ccc(Cc3ncc4ccccn34)cc2)cc1C(C)(C)C. The fraction of sp³-hybridized carbons (Fsp3) is 0.512. The average Bonchev–Trinajstić information content (AvgIpc) is 3.45. The van der Waals surface area contributed by atoms with Crippen LogP contribution in [0.15, 0.2) is 73.1 Å². The van der Waals surface area contributed by atoms with Crippen LogP contribution in [0.4, 0.5) is 5.69 Å². The number of amides is 1. The zero-order valence-electron chi connectivity index (χ0n) is 29.2. The lowest BCUT2D eigenvalue weighted by Crippen LogP contribution is -2.28. The Kier molecular flexibility index (Phi) is 13.7. The quantitative estimate of drug-likeness (QED) is 0.0976. The van der Waals surface area contributed by atoms with Gasteiger partial charge in [-0.2, -0.15) is 0 Å². The molecule has 0 unspecified atom stereocenters. The van der Waals surface area contributed by atoms with E-state index in [-0.39, 0.29) is 11.3 Å². The summed E-state index contributed by atoms with van der Waals surface area (Å²) in [5, 5.41) is 0. The first kappa shape index (κ1) is 35.3. The average molecular weight is 624 g/mol. The molecule has 46 heavy (non-hydrogen) atoms. The van der Waals surface area contributed by atoms with Crippen molar-refractivity contribution >= 4 is 17.1 Å². The van der Waals surface area contributed by atoms with Gasteiger partial charge in [0.15, 0.2) is 0 Å². The molecule has 1 amide bonds. The van der Waals surface area contributed by atoms with Gasteiger partial charge in [0.05, 0.1) is 24.9 Å². The first-order chi connectivity index (χ1) is 22.3. The summed E-state index contributed by atoms with van der Waals surface area (Å²) in [7, 11) is 0. The predicted molar refractivity (Wildman–Crippen MR) is 193 cm³/mol. The lowest BCUT2D eigenvalue weighted by molar-refractivity contribution is -0.116. The number of hydrogen-bond donors (Lipinski definition) is 0. The van der Waals surface area contributed by atoms with Crippen LogP contribution in [0.5, 0.6) is 5.75 Å². The van der Waals surface area contributed by atoms with Gasteiger partial charge in [-0.25, -0.2) is 4.98 Å². The summed E-state index contributed by atoms with van der Waals surface area (Å²) < 4.78 is 8.46. The molecule has 0 aliphatic carbocycles. The van der Waals surface area contributed by atoms with Gasteiger partial charge in [0, 0.05) is 25.2 Å². The van der Waals surface area contributed by atoms with Crippen LogP contribution < -0.4 is 9.64 Å². The summed E-state index contributed by atoms with van der Waals surface area (Å²) >= 11 is 0. The molecule has 5 heteroatoms. The number of rotatable bonds is 19. The van der Waals surface area contributed by atoms with Crippen LogP contribution in [0.2, 0.25) is 0 Å². The number of anilines is 1. The highest BCUT2D eigenvalue weighted by atomic mass is 16.5. The highest BCUT2D eigenvalue weighted by Crippen LogP contribution is 2.33. The molecule has 5 nitrogen and oxygen atoms in total. The van der Waals surface area contributed by atoms with E-state index < -0.39 is 0 Å². The Labute approximate surface area is 278 Å². The summed E-state index contributed by atoms with van der Waals surface area (Å²) in [5.41, 5.74) is 5.37. The third-order valence-corrected chi connectivity index (χ3v) is 8.95. The summed E-state index contributed by atoms with van der Waals surface area (Å²) in [6.07, 6.45) is 20.8. The highest BCUT2D eigenvalue weighted by Gasteiger charge is 2.21. The number of benzene rings is 2. The maximum absolute atomic E-state index is 12.8. The number of fused-ring (bicyclic) bond motifs is 1. The summed E-state index contributed by atoms with van der Waals surface area (Å²) in [6.45, 7) is 11.9. The normalized spacial score (nSPS) is 11.7. The van der Waals surface area contributed by atoms with Gasteiger partial charge in [-0.15, -0.1) is 0 Å². The van der Waals surface area contributed by atoms with Crippen LogP contribution in [0.1, 0.15) is 134 Å². The molecule has 2 aromatic carbocycles. The first-order valence-electron chi connectivity index (χ1n) is 17.8. The van der Waals surface area contributed by atoms with Gasteiger partial charge < -0.3 is 14.0 Å². The Balaban J connectivity index is 1.28. The van der Waals surface area contributed by atoms with E-state index in [2.05, 4.69) is 73.5 Å². The molecule has 2 aromatic heterocycles. The van der Waals surface area contributed by atoms with Gasteiger partial charge in [-0.3, -0.25) is 4.79 Å². The van der Waals surface area contributed by atoms with Crippen LogP contribution in [-0.4, -0.2) is 21.9 Å². The van der Waals surface area contributed by atoms with Crippen molar-refractivity contribution in [2.75, 3.05) is 11.5 Å². The molecular formula is C41H57N3O2. The zero-order chi connectivity index (χ0) is 32.8. The Hall–Kier alpha value is -3.60. The molecule has 0 aliphatic rings. The third-order valence-electron chi connectivity index (χ3n) is 8.95. The van der Waals surface area contributed by atoms with E-state index in [1.807, 2.05) is 41.6 Å². The van der Waals surface area contributed by atoms with Crippen molar-refractivity contribution in [3.05, 3.63) is 95.6 Å². The van der Waals surface area contributed by atoms with Crippen molar-refractivity contribution in [2.24, 2.45) is 0 Å². The number of pyridine rings is 1. The maximum atomic E-state index is 12.8. The zero-order valence-corrected chi connectivity index (χ0v) is 29.2. The van der Waals surface area contributed by atoms with E-state index in [0.717, 1.165) is 53.4 Å². The molecule has 4 rings (SSSR count). The van der Waals surface area contributed by atoms with E-state index >= 15 is 0 Å². The minimum atomic E-state index is -0.0679. The minimum absolute atomic E-state index is 0.0246. The standard InChI is InChI=1S/C41H57N3O2/c1-6-7-8-9-10-11-12-13-14-15-16-19-28-46-39-26-23-35(29-38(39)41(3,4)5)32-44(33(2)45)36-24-21-34(22-25-36)30-40-42-31-37-20-17-18-27-43(37)40/h17-18,20-27,29,31H,6-16,19,28,30,32H2,1-5H3. The predicted octanol–water partition coefficient (Wildman–Crippen LogP) is 10.9. The second kappa shape index (κ2) is 17.9. The Bertz CT molecular complexity index is 1480. The Morgan fingerprint density at radius 1 is 0.804 bits per heavy atom. The highest BCUT2D eigenvalue weighted by molar-refractivity contribution is 5.91. The molecule has 0 saturated carbocycles. The van der Waals surface area contributed by atoms with Gasteiger partial charge in [-0.05, 0) is 64.9 Å². The molecule has 0 aliphatic heterocycles. The second-order valence-electron chi connectivity index (χ2n) is 13.9. The lowest BCUT2D eigenvalue weighted by Gasteiger charge is -2.26. The molecular weight excluding hydrogens is 566 g/mol. The molecule has 0 atom stereocenters. The van der Waals surface area contributed by atoms with Crippen molar-refractivity contribution in [1.29, 1.82) is 0 Å². The molecule has 0 radical (unpaired) electrons. The van der Waals surface area contributed by atoms with Crippen molar-refractivity contribution in [3.63, 3.8) is 0 Å². The molecule has 0 saturated heterocycles. The van der Waals surface area contributed by atoms with E-state index in [1.54, 1.807) is 6.92 Å². The summed E-state index contributed by atoms with van der Waals surface area (Å²) in [6, 6.07) is 20.8. The van der Waals surface area contributed by atoms with Crippen LogP contribution in [0.3, 0.4) is 0 Å². The number of carbonyl (C=O) groups is 1. The van der Waals surface area contributed by atoms with Crippen LogP contribution in [0.25, 0.3) is 5.52 Å². The smallest absolute Gasteiger partial charge is 0.224 e. The molecule has 0 N–H and O–H groups in total. The molecule has 4 aromatic rings. The van der Waals surface area contributed by atoms with Gasteiger partial charge in [-0.1, -0.05) is 123 Å². The van der Waals surface area contributed by atoms with E-state index in [9.17, 15) is 4.79 Å². The van der Waals surface area contributed by atoms with E-state index in [4.69, 9.17) is 4.74 Å². The lowest BCUT2D eigenvalue weighted by atomic mass is 9.85. The first-order valence-corrected chi connectivity index (χ1v) is 17.8. The fourth-order valence-corrected chi connectivity index (χ4v) is 6.19. The number of ether oxygens (including phenoxy) is 1. The van der Waals surface area contributed by atoms with E-state index in [0.29, 0.717) is 6.54 Å². The molecule has 0 fully saturated rings. The Morgan fingerprint density at radius 3 is 2.07 bits per heavy atom. The molecule has 248 valence electrons. The van der Waals surface area contributed by atoms with Crippen molar-refractivity contribution in [3.8, 4) is 5.75 Å². The fourth-order valence-electron chi connectivity index (χ4n) is 6.19. The largest absolute Gasteiger partial charge is 0.493 e. The van der Waals surface area contributed by atoms with Crippen LogP contribution in [0, 0.1) is 0 Å². The maximum Gasteiger partial charge on any atom is 0.224 e. The number of nitrogens with zero attached hydrogens (tertiary/aromatic N) is 3. The Morgan fingerprint density at radius 2 is 1.43 bits per heavy atom. The van der Waals surface area contributed by atoms with Gasteiger partial charge in [0.1, 0.15) is 11.6 Å². The number of aromatic nitrogens is 2. The topological polar surface area (TPSA) is 46.8 Å². The van der Waals surface area contributed by atoms with Gasteiger partial charge >= 0.3 is 0 Å². The van der Waals surface area contributed by atoms with Crippen LogP contribution in [-0.2, 0) is 23.2 Å². The number of hydrogen-bond acceptors (Lipinski definition) is 3. The summed E-state index contributed by atoms with van der Waals surface area (Å²) in [5.74, 6) is 1.99. The molecule has 0 bridgehead atoms. The van der Waals surface area contributed by atoms with Crippen LogP contribution >= 0.6 is 0 Å². The molecule has 2 heterocycles. The van der Waals surface area contributed by atoms with Crippen molar-refractivity contribution < 1.29 is 9.53 Å². The third kappa shape index (κ3) is 10.7. The number of carbonyl (C=O) groups excluding carboxylic acids is 1. The minimum Gasteiger partial charge on any atom is -0.493 e. The van der Waals surface area contributed by atoms with E-state index in [1.165, 1.54) is 76.2 Å². The van der Waals surface area contributed by atoms with Gasteiger partial charge in [0.25, 0.3) is 0 Å².